The number of nitrogens with one attached hydrogen (secondary N) is 1. The predicted molar refractivity (Wildman–Crippen MR) is 99.8 cm³/mol. The zero-order valence-corrected chi connectivity index (χ0v) is 14.8. The topological polar surface area (TPSA) is 73.2 Å². The number of carbonyl (C=O) groups excluding carboxylic acids is 1. The first-order valence-electron chi connectivity index (χ1n) is 8.64. The second-order valence-electron chi connectivity index (χ2n) is 5.38. The van der Waals surface area contributed by atoms with Gasteiger partial charge in [-0.15, -0.1) is 0 Å². The van der Waals surface area contributed by atoms with Crippen LogP contribution in [-0.4, -0.2) is 22.2 Å². The number of para-hydroxylation sites is 1. The normalized spacial score (nSPS) is 10.4. The highest BCUT2D eigenvalue weighted by Crippen LogP contribution is 2.20. The maximum atomic E-state index is 12.1. The van der Waals surface area contributed by atoms with Crippen LogP contribution in [0.3, 0.4) is 0 Å². The third-order valence-electron chi connectivity index (χ3n) is 3.83. The van der Waals surface area contributed by atoms with Crippen molar-refractivity contribution >= 4 is 16.8 Å². The molecule has 0 saturated carbocycles. The first-order valence-corrected chi connectivity index (χ1v) is 8.64. The van der Waals surface area contributed by atoms with Crippen molar-refractivity contribution in [3.05, 3.63) is 66.7 Å². The van der Waals surface area contributed by atoms with E-state index in [-0.39, 0.29) is 11.6 Å². The minimum absolute atomic E-state index is 0.235. The first-order chi connectivity index (χ1) is 12.8. The van der Waals surface area contributed by atoms with E-state index in [2.05, 4.69) is 33.2 Å². The van der Waals surface area contributed by atoms with E-state index in [1.54, 1.807) is 24.5 Å². The van der Waals surface area contributed by atoms with E-state index in [9.17, 15) is 4.79 Å². The predicted octanol–water partition coefficient (Wildman–Crippen LogP) is 4.35. The molecule has 0 unspecified atom stereocenters. The molecule has 4 aromatic rings. The molecule has 0 aliphatic rings. The number of nitrogens with zero attached hydrogens (tertiary/aromatic N) is 2. The number of amides is 1. The highest BCUT2D eigenvalue weighted by molar-refractivity contribution is 5.92. The van der Waals surface area contributed by atoms with Gasteiger partial charge in [-0.1, -0.05) is 37.2 Å². The number of benzene rings is 1. The molecule has 1 aromatic carbocycles. The summed E-state index contributed by atoms with van der Waals surface area (Å²) in [4.78, 5) is 12.1. The van der Waals surface area contributed by atoms with Crippen LogP contribution in [0.5, 0.6) is 0 Å². The zero-order chi connectivity index (χ0) is 18.4. The van der Waals surface area contributed by atoms with Gasteiger partial charge in [-0.05, 0) is 29.7 Å². The highest BCUT2D eigenvalue weighted by atomic mass is 16.5. The van der Waals surface area contributed by atoms with Crippen LogP contribution in [-0.2, 0) is 6.54 Å². The van der Waals surface area contributed by atoms with Crippen LogP contribution in [0.4, 0.5) is 0 Å². The molecule has 134 valence electrons. The summed E-state index contributed by atoms with van der Waals surface area (Å²) in [7, 11) is 0. The molecule has 0 saturated heterocycles. The molecule has 1 N–H and O–H groups in total. The minimum Gasteiger partial charge on any atom is -0.461 e. The Balaban J connectivity index is 0.000000948. The summed E-state index contributed by atoms with van der Waals surface area (Å²) in [6.45, 7) is 5.18. The summed E-state index contributed by atoms with van der Waals surface area (Å²) in [5.41, 5.74) is 1.38. The third-order valence-corrected chi connectivity index (χ3v) is 3.83. The van der Waals surface area contributed by atoms with Crippen LogP contribution < -0.4 is 5.32 Å². The Bertz CT molecular complexity index is 967. The maximum absolute atomic E-state index is 12.1. The van der Waals surface area contributed by atoms with Gasteiger partial charge in [-0.3, -0.25) is 4.79 Å². The number of furan rings is 1. The standard InChI is InChI=1S/C18H15N3O3.C2H6/c22-18(14-12-17(24-20-14)16-6-3-11-23-16)19-8-10-21-9-7-13-4-1-2-5-15(13)21;1-2/h1-7,9,11-12H,8,10H2,(H,19,22);1-2H3. The third kappa shape index (κ3) is 3.69. The largest absolute Gasteiger partial charge is 0.461 e. The van der Waals surface area contributed by atoms with E-state index in [0.29, 0.717) is 24.6 Å². The van der Waals surface area contributed by atoms with Crippen molar-refractivity contribution < 1.29 is 13.7 Å². The van der Waals surface area contributed by atoms with Crippen molar-refractivity contribution in [1.29, 1.82) is 0 Å². The summed E-state index contributed by atoms with van der Waals surface area (Å²) in [5.74, 6) is 0.704. The van der Waals surface area contributed by atoms with Crippen LogP contribution in [0, 0.1) is 0 Å². The van der Waals surface area contributed by atoms with Crippen LogP contribution >= 0.6 is 0 Å². The van der Waals surface area contributed by atoms with Crippen molar-refractivity contribution in [3.63, 3.8) is 0 Å². The Morgan fingerprint density at radius 2 is 1.96 bits per heavy atom. The molecule has 6 nitrogen and oxygen atoms in total. The zero-order valence-electron chi connectivity index (χ0n) is 14.8. The number of hydrogen-bond acceptors (Lipinski definition) is 4. The molecule has 3 heterocycles. The summed E-state index contributed by atoms with van der Waals surface area (Å²) in [5, 5.41) is 7.82. The SMILES string of the molecule is CC.O=C(NCCn1ccc2ccccc21)c1cc(-c2ccco2)on1. The van der Waals surface area contributed by atoms with Gasteiger partial charge in [0, 0.05) is 30.9 Å². The number of fused-ring (bicyclic) bond motifs is 1. The second kappa shape index (κ2) is 8.20. The fraction of sp³-hybridized carbons (Fsp3) is 0.200. The molecule has 0 atom stereocenters. The van der Waals surface area contributed by atoms with Crippen LogP contribution in [0.15, 0.2) is 69.9 Å². The van der Waals surface area contributed by atoms with Crippen LogP contribution in [0.25, 0.3) is 22.4 Å². The Hall–Kier alpha value is -3.28. The minimum atomic E-state index is -0.270. The van der Waals surface area contributed by atoms with Gasteiger partial charge in [0.25, 0.3) is 5.91 Å². The quantitative estimate of drug-likeness (QED) is 0.580. The molecule has 0 bridgehead atoms. The average Bonchev–Trinajstić information content (AvgIpc) is 3.43. The molecule has 0 aliphatic heterocycles. The summed E-state index contributed by atoms with van der Waals surface area (Å²) in [6, 6.07) is 15.3. The average molecular weight is 351 g/mol. The van der Waals surface area contributed by atoms with Gasteiger partial charge in [-0.25, -0.2) is 0 Å². The Kier molecular flexibility index (Phi) is 5.53. The van der Waals surface area contributed by atoms with E-state index in [1.807, 2.05) is 32.2 Å². The first kappa shape index (κ1) is 17.5. The molecule has 26 heavy (non-hydrogen) atoms. The maximum Gasteiger partial charge on any atom is 0.273 e. The van der Waals surface area contributed by atoms with Crippen LogP contribution in [0.1, 0.15) is 24.3 Å². The lowest BCUT2D eigenvalue weighted by atomic mass is 10.2. The Morgan fingerprint density at radius 1 is 1.12 bits per heavy atom. The molecule has 0 fully saturated rings. The van der Waals surface area contributed by atoms with E-state index in [0.717, 1.165) is 5.52 Å². The molecule has 0 spiro atoms. The molecule has 0 aliphatic carbocycles. The van der Waals surface area contributed by atoms with Gasteiger partial charge in [0.2, 0.25) is 5.76 Å². The Labute approximate surface area is 151 Å². The van der Waals surface area contributed by atoms with Crippen molar-refractivity contribution in [2.45, 2.75) is 20.4 Å². The lowest BCUT2D eigenvalue weighted by molar-refractivity contribution is 0.0943. The van der Waals surface area contributed by atoms with E-state index < -0.39 is 0 Å². The molecule has 1 amide bonds. The molecule has 3 aromatic heterocycles. The molecule has 4 rings (SSSR count). The monoisotopic (exact) mass is 351 g/mol. The van der Waals surface area contributed by atoms with Gasteiger partial charge in [0.05, 0.1) is 6.26 Å². The van der Waals surface area contributed by atoms with E-state index in [4.69, 9.17) is 8.94 Å². The molecule has 0 radical (unpaired) electrons. The molecular weight excluding hydrogens is 330 g/mol. The number of rotatable bonds is 5. The Morgan fingerprint density at radius 3 is 2.77 bits per heavy atom. The second-order valence-corrected chi connectivity index (χ2v) is 5.38. The number of hydrogen-bond donors (Lipinski definition) is 1. The molecule has 6 heteroatoms. The van der Waals surface area contributed by atoms with Gasteiger partial charge in [0.1, 0.15) is 0 Å². The number of carbonyl (C=O) groups is 1. The highest BCUT2D eigenvalue weighted by Gasteiger charge is 2.14. The van der Waals surface area contributed by atoms with E-state index >= 15 is 0 Å². The molecular formula is C20H21N3O3. The number of aromatic nitrogens is 2. The summed E-state index contributed by atoms with van der Waals surface area (Å²) in [6.07, 6.45) is 3.56. The fourth-order valence-electron chi connectivity index (χ4n) is 2.63. The van der Waals surface area contributed by atoms with Gasteiger partial charge in [0.15, 0.2) is 11.5 Å². The lowest BCUT2D eigenvalue weighted by Crippen LogP contribution is -2.27. The van der Waals surface area contributed by atoms with Crippen molar-refractivity contribution in [2.24, 2.45) is 0 Å². The van der Waals surface area contributed by atoms with Crippen molar-refractivity contribution in [2.75, 3.05) is 6.54 Å². The van der Waals surface area contributed by atoms with Gasteiger partial charge < -0.3 is 18.8 Å². The lowest BCUT2D eigenvalue weighted by Gasteiger charge is -2.06. The summed E-state index contributed by atoms with van der Waals surface area (Å²) < 4.78 is 12.4. The summed E-state index contributed by atoms with van der Waals surface area (Å²) >= 11 is 0. The van der Waals surface area contributed by atoms with Gasteiger partial charge in [-0.2, -0.15) is 0 Å². The smallest absolute Gasteiger partial charge is 0.273 e. The van der Waals surface area contributed by atoms with Gasteiger partial charge >= 0.3 is 0 Å². The van der Waals surface area contributed by atoms with Crippen molar-refractivity contribution in [3.8, 4) is 11.5 Å². The van der Waals surface area contributed by atoms with E-state index in [1.165, 1.54) is 5.39 Å². The van der Waals surface area contributed by atoms with Crippen molar-refractivity contribution in [1.82, 2.24) is 15.0 Å². The fourth-order valence-corrected chi connectivity index (χ4v) is 2.63. The van der Waals surface area contributed by atoms with Crippen LogP contribution in [0.2, 0.25) is 0 Å².